The van der Waals surface area contributed by atoms with Crippen LogP contribution in [0.1, 0.15) is 5.56 Å². The van der Waals surface area contributed by atoms with E-state index in [1.54, 1.807) is 12.1 Å². The highest BCUT2D eigenvalue weighted by Gasteiger charge is 2.26. The summed E-state index contributed by atoms with van der Waals surface area (Å²) in [5.74, 6) is 0.230. The number of methoxy groups -OCH3 is 1. The van der Waals surface area contributed by atoms with E-state index in [9.17, 15) is 8.42 Å². The molecule has 0 atom stereocenters. The number of sulfonamides is 1. The molecule has 0 saturated heterocycles. The maximum atomic E-state index is 12.7. The van der Waals surface area contributed by atoms with Gasteiger partial charge in [0, 0.05) is 35.0 Å². The lowest BCUT2D eigenvalue weighted by molar-refractivity contribution is 0.180. The summed E-state index contributed by atoms with van der Waals surface area (Å²) in [5, 5.41) is 0. The largest absolute Gasteiger partial charge is 0.383 e. The van der Waals surface area contributed by atoms with Crippen LogP contribution in [0.5, 0.6) is 0 Å². The van der Waals surface area contributed by atoms with Crippen molar-refractivity contribution in [2.75, 3.05) is 32.7 Å². The summed E-state index contributed by atoms with van der Waals surface area (Å²) in [5.41, 5.74) is 0.955. The summed E-state index contributed by atoms with van der Waals surface area (Å²) in [7, 11) is -2.08. The Labute approximate surface area is 141 Å². The number of aryl methyl sites for hydroxylation is 1. The monoisotopic (exact) mass is 447 g/mol. The summed E-state index contributed by atoms with van der Waals surface area (Å²) in [6, 6.07) is 3.37. The lowest BCUT2D eigenvalue weighted by atomic mass is 10.2. The van der Waals surface area contributed by atoms with Gasteiger partial charge in [-0.1, -0.05) is 15.9 Å². The molecule has 20 heavy (non-hydrogen) atoms. The molecule has 4 nitrogen and oxygen atoms in total. The van der Waals surface area contributed by atoms with E-state index in [4.69, 9.17) is 16.3 Å². The number of benzene rings is 1. The zero-order valence-electron chi connectivity index (χ0n) is 11.2. The average molecular weight is 450 g/mol. The summed E-state index contributed by atoms with van der Waals surface area (Å²) < 4.78 is 32.9. The van der Waals surface area contributed by atoms with Crippen LogP contribution in [-0.2, 0) is 14.8 Å². The maximum Gasteiger partial charge on any atom is 0.244 e. The Morgan fingerprint density at radius 1 is 1.25 bits per heavy atom. The summed E-state index contributed by atoms with van der Waals surface area (Å²) >= 11 is 12.4. The normalized spacial score (nSPS) is 12.1. The highest BCUT2D eigenvalue weighted by atomic mass is 79.9. The van der Waals surface area contributed by atoms with Crippen molar-refractivity contribution < 1.29 is 13.2 Å². The molecular formula is C12H16Br2ClNO3S. The Morgan fingerprint density at radius 2 is 1.90 bits per heavy atom. The van der Waals surface area contributed by atoms with E-state index in [0.29, 0.717) is 11.1 Å². The molecule has 1 rings (SSSR count). The highest BCUT2D eigenvalue weighted by Crippen LogP contribution is 2.30. The highest BCUT2D eigenvalue weighted by molar-refractivity contribution is 9.11. The van der Waals surface area contributed by atoms with Gasteiger partial charge in [-0.2, -0.15) is 4.31 Å². The number of hydrogen-bond acceptors (Lipinski definition) is 3. The molecule has 1 aromatic carbocycles. The third-order valence-corrected chi connectivity index (χ3v) is 6.59. The first-order chi connectivity index (χ1) is 9.34. The van der Waals surface area contributed by atoms with Gasteiger partial charge in [0.05, 0.1) is 11.5 Å². The predicted octanol–water partition coefficient (Wildman–Crippen LogP) is 3.40. The van der Waals surface area contributed by atoms with Gasteiger partial charge >= 0.3 is 0 Å². The van der Waals surface area contributed by atoms with Crippen molar-refractivity contribution in [3.63, 3.8) is 0 Å². The van der Waals surface area contributed by atoms with Crippen LogP contribution in [0.4, 0.5) is 0 Å². The smallest absolute Gasteiger partial charge is 0.244 e. The van der Waals surface area contributed by atoms with Crippen LogP contribution in [0.2, 0.25) is 0 Å². The van der Waals surface area contributed by atoms with Crippen LogP contribution in [0.3, 0.4) is 0 Å². The molecule has 0 unspecified atom stereocenters. The van der Waals surface area contributed by atoms with Crippen LogP contribution < -0.4 is 0 Å². The van der Waals surface area contributed by atoms with E-state index in [1.807, 2.05) is 6.92 Å². The van der Waals surface area contributed by atoms with Gasteiger partial charge in [-0.3, -0.25) is 0 Å². The zero-order valence-corrected chi connectivity index (χ0v) is 15.9. The van der Waals surface area contributed by atoms with Crippen molar-refractivity contribution in [3.8, 4) is 0 Å². The van der Waals surface area contributed by atoms with E-state index in [0.717, 1.165) is 10.0 Å². The Morgan fingerprint density at radius 3 is 2.45 bits per heavy atom. The van der Waals surface area contributed by atoms with Crippen LogP contribution in [0.25, 0.3) is 0 Å². The second kappa shape index (κ2) is 8.10. The first-order valence-corrected chi connectivity index (χ1v) is 9.41. The van der Waals surface area contributed by atoms with Crippen molar-refractivity contribution >= 4 is 53.5 Å². The molecule has 0 aliphatic heterocycles. The average Bonchev–Trinajstić information content (AvgIpc) is 2.38. The Kier molecular flexibility index (Phi) is 7.45. The molecule has 114 valence electrons. The van der Waals surface area contributed by atoms with E-state index >= 15 is 0 Å². The van der Waals surface area contributed by atoms with Gasteiger partial charge in [-0.25, -0.2) is 8.42 Å². The maximum absolute atomic E-state index is 12.7. The minimum absolute atomic E-state index is 0.219. The SMILES string of the molecule is COCCN(CCCl)S(=O)(=O)c1cc(Br)c(C)cc1Br. The fourth-order valence-corrected chi connectivity index (χ4v) is 4.97. The van der Waals surface area contributed by atoms with Gasteiger partial charge in [0.25, 0.3) is 0 Å². The van der Waals surface area contributed by atoms with Crippen LogP contribution in [0, 0.1) is 6.92 Å². The Hall–Kier alpha value is 0.340. The number of hydrogen-bond donors (Lipinski definition) is 0. The summed E-state index contributed by atoms with van der Waals surface area (Å²) in [6.45, 7) is 2.72. The van der Waals surface area contributed by atoms with Gasteiger partial charge in [-0.05, 0) is 40.5 Å². The van der Waals surface area contributed by atoms with Crippen molar-refractivity contribution in [2.45, 2.75) is 11.8 Å². The van der Waals surface area contributed by atoms with Gasteiger partial charge in [0.1, 0.15) is 0 Å². The van der Waals surface area contributed by atoms with Crippen LogP contribution in [0.15, 0.2) is 26.0 Å². The molecule has 0 heterocycles. The number of nitrogens with zero attached hydrogens (tertiary/aromatic N) is 1. The number of ether oxygens (including phenoxy) is 1. The van der Waals surface area contributed by atoms with Gasteiger partial charge < -0.3 is 4.74 Å². The van der Waals surface area contributed by atoms with E-state index in [2.05, 4.69) is 31.9 Å². The fourth-order valence-electron chi connectivity index (χ4n) is 1.60. The molecule has 0 aliphatic rings. The first kappa shape index (κ1) is 18.4. The van der Waals surface area contributed by atoms with E-state index < -0.39 is 10.0 Å². The van der Waals surface area contributed by atoms with E-state index in [-0.39, 0.29) is 23.9 Å². The Balaban J connectivity index is 3.22. The molecule has 0 aromatic heterocycles. The lowest BCUT2D eigenvalue weighted by Gasteiger charge is -2.22. The lowest BCUT2D eigenvalue weighted by Crippen LogP contribution is -2.35. The molecule has 8 heteroatoms. The molecule has 0 aliphatic carbocycles. The van der Waals surface area contributed by atoms with Gasteiger partial charge in [-0.15, -0.1) is 11.6 Å². The van der Waals surface area contributed by atoms with Crippen LogP contribution >= 0.6 is 43.5 Å². The number of halogens is 3. The second-order valence-electron chi connectivity index (χ2n) is 4.12. The third kappa shape index (κ3) is 4.42. The molecular weight excluding hydrogens is 433 g/mol. The van der Waals surface area contributed by atoms with Crippen LogP contribution in [-0.4, -0.2) is 45.4 Å². The number of rotatable bonds is 7. The Bertz CT molecular complexity index is 566. The molecule has 0 spiro atoms. The molecule has 0 radical (unpaired) electrons. The third-order valence-electron chi connectivity index (χ3n) is 2.71. The second-order valence-corrected chi connectivity index (χ2v) is 8.11. The minimum Gasteiger partial charge on any atom is -0.383 e. The molecule has 0 bridgehead atoms. The first-order valence-electron chi connectivity index (χ1n) is 5.85. The van der Waals surface area contributed by atoms with Gasteiger partial charge in [0.15, 0.2) is 0 Å². The predicted molar refractivity (Wildman–Crippen MR) is 87.9 cm³/mol. The zero-order chi connectivity index (χ0) is 15.3. The number of alkyl halides is 1. The van der Waals surface area contributed by atoms with Crippen molar-refractivity contribution in [2.24, 2.45) is 0 Å². The minimum atomic E-state index is -3.61. The van der Waals surface area contributed by atoms with Crippen molar-refractivity contribution in [1.82, 2.24) is 4.31 Å². The van der Waals surface area contributed by atoms with Crippen molar-refractivity contribution in [3.05, 3.63) is 26.6 Å². The molecule has 0 N–H and O–H groups in total. The van der Waals surface area contributed by atoms with Gasteiger partial charge in [0.2, 0.25) is 10.0 Å². The molecule has 0 saturated carbocycles. The summed E-state index contributed by atoms with van der Waals surface area (Å²) in [6.07, 6.45) is 0. The quantitative estimate of drug-likeness (QED) is 0.600. The summed E-state index contributed by atoms with van der Waals surface area (Å²) in [4.78, 5) is 0.219. The molecule has 0 fully saturated rings. The topological polar surface area (TPSA) is 46.6 Å². The standard InChI is InChI=1S/C12H16Br2ClNO3S/c1-9-7-11(14)12(8-10(9)13)20(17,18)16(4-3-15)5-6-19-2/h7-8H,3-6H2,1-2H3. The molecule has 0 amide bonds. The fraction of sp³-hybridized carbons (Fsp3) is 0.500. The molecule has 1 aromatic rings. The van der Waals surface area contributed by atoms with E-state index in [1.165, 1.54) is 11.4 Å². The van der Waals surface area contributed by atoms with Crippen molar-refractivity contribution in [1.29, 1.82) is 0 Å².